The van der Waals surface area contributed by atoms with E-state index in [0.29, 0.717) is 42.5 Å². The molecule has 3 heterocycles. The second-order valence-corrected chi connectivity index (χ2v) is 16.0. The zero-order valence-electron chi connectivity index (χ0n) is 27.5. The first-order valence-electron chi connectivity index (χ1n) is 16.8. The summed E-state index contributed by atoms with van der Waals surface area (Å²) in [4.78, 5) is 31.3. The van der Waals surface area contributed by atoms with E-state index < -0.39 is 40.1 Å². The zero-order chi connectivity index (χ0) is 34.2. The van der Waals surface area contributed by atoms with Crippen molar-refractivity contribution in [1.29, 1.82) is 0 Å². The number of carbonyl (C=O) groups is 2. The summed E-state index contributed by atoms with van der Waals surface area (Å²) in [5.41, 5.74) is 0.337. The summed E-state index contributed by atoms with van der Waals surface area (Å²) in [5.74, 6) is -0.878. The number of nitrogens with one attached hydrogen (secondary N) is 1. The number of halogens is 1. The van der Waals surface area contributed by atoms with Gasteiger partial charge >= 0.3 is 10.2 Å². The normalized spacial score (nSPS) is 28.8. The number of amides is 2. The molecule has 1 saturated carbocycles. The largest absolute Gasteiger partial charge is 0.487 e. The topological polar surface area (TPSA) is 140 Å². The molecule has 4 aliphatic rings. The molecular formula is C35H45ClN4O7S. The molecule has 2 fully saturated rings. The molecule has 3 N–H and O–H groups in total. The lowest BCUT2D eigenvalue weighted by molar-refractivity contribution is -0.153. The van der Waals surface area contributed by atoms with E-state index >= 15 is 0 Å². The van der Waals surface area contributed by atoms with E-state index in [4.69, 9.17) is 16.3 Å². The van der Waals surface area contributed by atoms with Crippen molar-refractivity contribution in [2.45, 2.75) is 75.7 Å². The first-order chi connectivity index (χ1) is 22.9. The third kappa shape index (κ3) is 7.09. The van der Waals surface area contributed by atoms with Crippen LogP contribution in [0.25, 0.3) is 0 Å². The van der Waals surface area contributed by atoms with E-state index in [0.717, 1.165) is 54.0 Å². The average Bonchev–Trinajstić information content (AvgIpc) is 3.03. The molecule has 0 aromatic heterocycles. The van der Waals surface area contributed by atoms with Gasteiger partial charge in [-0.3, -0.25) is 9.59 Å². The summed E-state index contributed by atoms with van der Waals surface area (Å²) in [6, 6.07) is 10.5. The minimum Gasteiger partial charge on any atom is -0.487 e. The molecule has 3 aliphatic heterocycles. The molecule has 2 bridgehead atoms. The van der Waals surface area contributed by atoms with Crippen molar-refractivity contribution >= 4 is 39.3 Å². The van der Waals surface area contributed by atoms with Crippen LogP contribution in [0, 0.1) is 11.8 Å². The van der Waals surface area contributed by atoms with Crippen LogP contribution in [0.5, 0.6) is 5.75 Å². The average molecular weight is 701 g/mol. The molecule has 48 heavy (non-hydrogen) atoms. The van der Waals surface area contributed by atoms with Crippen molar-refractivity contribution < 1.29 is 33.0 Å². The van der Waals surface area contributed by atoms with Gasteiger partial charge in [0.1, 0.15) is 12.4 Å². The summed E-state index contributed by atoms with van der Waals surface area (Å²) in [7, 11) is -1.74. The van der Waals surface area contributed by atoms with E-state index in [1.807, 2.05) is 35.1 Å². The molecule has 1 aliphatic carbocycles. The highest BCUT2D eigenvalue weighted by Crippen LogP contribution is 2.42. The van der Waals surface area contributed by atoms with Crippen LogP contribution in [0.1, 0.15) is 61.6 Å². The van der Waals surface area contributed by atoms with Gasteiger partial charge in [-0.2, -0.15) is 12.7 Å². The molecule has 0 spiro atoms. The SMILES string of the molecule is CN(C)S(=O)(=O)NC(=O)[C@]1(O)CC(=O)N2CC[C@@H]2C/C=C/[C@H](O)[C@@H]2CC[C@H]2CN2CCCCc3cc(Cl)ccc3COc3ccc1cc32. The highest BCUT2D eigenvalue weighted by Gasteiger charge is 2.46. The van der Waals surface area contributed by atoms with Crippen molar-refractivity contribution in [2.24, 2.45) is 11.8 Å². The Labute approximate surface area is 287 Å². The summed E-state index contributed by atoms with van der Waals surface area (Å²) < 4.78 is 34.8. The van der Waals surface area contributed by atoms with Crippen molar-refractivity contribution in [3.05, 3.63) is 70.3 Å². The molecule has 1 saturated heterocycles. The fourth-order valence-electron chi connectivity index (χ4n) is 7.21. The summed E-state index contributed by atoms with van der Waals surface area (Å²) in [6.07, 6.45) is 8.19. The van der Waals surface area contributed by atoms with Crippen molar-refractivity contribution in [3.8, 4) is 5.75 Å². The summed E-state index contributed by atoms with van der Waals surface area (Å²) in [6.45, 7) is 1.97. The van der Waals surface area contributed by atoms with E-state index in [2.05, 4.69) is 4.90 Å². The summed E-state index contributed by atoms with van der Waals surface area (Å²) >= 11 is 6.34. The van der Waals surface area contributed by atoms with Crippen molar-refractivity contribution in [3.63, 3.8) is 0 Å². The maximum Gasteiger partial charge on any atom is 0.303 e. The number of aryl methyl sites for hydroxylation is 1. The number of aliphatic hydroxyl groups is 2. The number of fused-ring (bicyclic) bond motifs is 4. The Kier molecular flexibility index (Phi) is 10.1. The number of rotatable bonds is 3. The van der Waals surface area contributed by atoms with Crippen LogP contribution in [0.2, 0.25) is 5.02 Å². The predicted octanol–water partition coefficient (Wildman–Crippen LogP) is 3.51. The zero-order valence-corrected chi connectivity index (χ0v) is 29.0. The van der Waals surface area contributed by atoms with Crippen LogP contribution in [-0.2, 0) is 38.4 Å². The Hall–Kier alpha value is -3.16. The fourth-order valence-corrected chi connectivity index (χ4v) is 7.99. The Bertz CT molecular complexity index is 1680. The highest BCUT2D eigenvalue weighted by atomic mass is 35.5. The molecule has 0 unspecified atom stereocenters. The predicted molar refractivity (Wildman–Crippen MR) is 183 cm³/mol. The first-order valence-corrected chi connectivity index (χ1v) is 18.6. The number of nitrogens with zero attached hydrogens (tertiary/aromatic N) is 3. The number of ether oxygens (including phenoxy) is 1. The maximum absolute atomic E-state index is 13.8. The Morgan fingerprint density at radius 1 is 1.08 bits per heavy atom. The van der Waals surface area contributed by atoms with Crippen molar-refractivity contribution in [1.82, 2.24) is 13.9 Å². The van der Waals surface area contributed by atoms with Crippen LogP contribution < -0.4 is 14.4 Å². The molecule has 2 aromatic rings. The monoisotopic (exact) mass is 700 g/mol. The van der Waals surface area contributed by atoms with Gasteiger partial charge in [-0.05, 0) is 97.7 Å². The Balaban J connectivity index is 1.45. The lowest BCUT2D eigenvalue weighted by atomic mass is 9.70. The molecule has 11 nitrogen and oxygen atoms in total. The third-order valence-corrected chi connectivity index (χ3v) is 12.2. The van der Waals surface area contributed by atoms with Crippen LogP contribution in [0.15, 0.2) is 48.6 Å². The smallest absolute Gasteiger partial charge is 0.303 e. The van der Waals surface area contributed by atoms with Gasteiger partial charge in [0.2, 0.25) is 5.91 Å². The van der Waals surface area contributed by atoms with Gasteiger partial charge in [-0.25, -0.2) is 4.72 Å². The van der Waals surface area contributed by atoms with Crippen LogP contribution in [-0.4, -0.2) is 85.5 Å². The summed E-state index contributed by atoms with van der Waals surface area (Å²) in [5, 5.41) is 24.0. The van der Waals surface area contributed by atoms with E-state index in [1.165, 1.54) is 20.2 Å². The third-order valence-electron chi connectivity index (χ3n) is 10.5. The van der Waals surface area contributed by atoms with Gasteiger partial charge in [0.25, 0.3) is 5.91 Å². The fraction of sp³-hybridized carbons (Fsp3) is 0.543. The lowest BCUT2D eigenvalue weighted by Crippen LogP contribution is -2.56. The quantitative estimate of drug-likeness (QED) is 0.414. The number of anilines is 1. The molecule has 2 amide bonds. The van der Waals surface area contributed by atoms with Crippen LogP contribution in [0.4, 0.5) is 5.69 Å². The maximum atomic E-state index is 13.8. The lowest BCUT2D eigenvalue weighted by Gasteiger charge is -2.44. The standard InChI is InChI=1S/C35H45ClN4O7S/c1-38(2)48(45,46)37-34(43)35(44)20-33(42)40-17-15-28(40)7-5-8-31(41)29-13-10-24(29)21-39-16-4-3-6-23-18-27(36)12-9-25(23)22-47-32-14-11-26(35)19-30(32)39/h5,8-9,11-12,14,18-19,24,28-29,31,41,44H,3-4,6-7,10,13,15-17,20-22H2,1-2H3,(H,37,43)/b8-5+/t24-,28-,29+,31-,35-/m0/s1. The molecule has 13 heteroatoms. The number of aliphatic hydroxyl groups excluding tert-OH is 1. The van der Waals surface area contributed by atoms with E-state index in [9.17, 15) is 28.2 Å². The molecule has 0 radical (unpaired) electrons. The molecule has 6 rings (SSSR count). The van der Waals surface area contributed by atoms with Gasteiger partial charge in [0.05, 0.1) is 18.2 Å². The van der Waals surface area contributed by atoms with Gasteiger partial charge in [0, 0.05) is 44.8 Å². The Morgan fingerprint density at radius 2 is 1.90 bits per heavy atom. The molecule has 2 aromatic carbocycles. The molecule has 260 valence electrons. The number of carbonyl (C=O) groups excluding carboxylic acids is 2. The van der Waals surface area contributed by atoms with Gasteiger partial charge < -0.3 is 24.7 Å². The first kappa shape index (κ1) is 34.7. The second kappa shape index (κ2) is 14.0. The number of hydrogen-bond donors (Lipinski definition) is 3. The minimum atomic E-state index is -4.28. The van der Waals surface area contributed by atoms with E-state index in [1.54, 1.807) is 17.0 Å². The second-order valence-electron chi connectivity index (χ2n) is 13.7. The van der Waals surface area contributed by atoms with Crippen LogP contribution in [0.3, 0.4) is 0 Å². The number of hydrogen-bond acceptors (Lipinski definition) is 8. The van der Waals surface area contributed by atoms with Crippen molar-refractivity contribution in [2.75, 3.05) is 38.6 Å². The van der Waals surface area contributed by atoms with E-state index in [-0.39, 0.29) is 30.0 Å². The highest BCUT2D eigenvalue weighted by molar-refractivity contribution is 7.87. The Morgan fingerprint density at radius 3 is 2.60 bits per heavy atom. The molecular weight excluding hydrogens is 656 g/mol. The minimum absolute atomic E-state index is 0.0735. The van der Waals surface area contributed by atoms with Gasteiger partial charge in [-0.1, -0.05) is 35.9 Å². The van der Waals surface area contributed by atoms with Crippen LogP contribution >= 0.6 is 11.6 Å². The van der Waals surface area contributed by atoms with Gasteiger partial charge in [-0.15, -0.1) is 0 Å². The molecule has 5 atom stereocenters. The number of benzene rings is 2. The van der Waals surface area contributed by atoms with Gasteiger partial charge in [0.15, 0.2) is 5.60 Å².